The van der Waals surface area contributed by atoms with Crippen molar-refractivity contribution in [2.45, 2.75) is 13.1 Å². The van der Waals surface area contributed by atoms with Gasteiger partial charge in [-0.15, -0.1) is 0 Å². The molecule has 2 nitrogen and oxygen atoms in total. The molecule has 0 amide bonds. The highest BCUT2D eigenvalue weighted by atomic mass is 28.3. The molecule has 0 aromatic carbocycles. The van der Waals surface area contributed by atoms with Crippen LogP contribution in [0.4, 0.5) is 0 Å². The van der Waals surface area contributed by atoms with Crippen LogP contribution in [0.2, 0.25) is 13.1 Å². The Bertz CT molecular complexity index is 73.8. The molecule has 0 rings (SSSR count). The van der Waals surface area contributed by atoms with Gasteiger partial charge in [0, 0.05) is 0 Å². The Labute approximate surface area is 44.7 Å². The van der Waals surface area contributed by atoms with Gasteiger partial charge in [0.25, 0.3) is 5.95 Å². The molecule has 0 aliphatic rings. The summed E-state index contributed by atoms with van der Waals surface area (Å²) in [5.74, 6) is -0.526. The zero-order valence-electron chi connectivity index (χ0n) is 4.55. The molecule has 0 aromatic heterocycles. The van der Waals surface area contributed by atoms with E-state index in [1.165, 1.54) is 5.70 Å². The highest BCUT2D eigenvalue weighted by Gasteiger charge is 1.89. The molecule has 0 saturated carbocycles. The van der Waals surface area contributed by atoms with E-state index in [4.69, 9.17) is 10.2 Å². The summed E-state index contributed by atoms with van der Waals surface area (Å²) in [6.45, 7) is 4.01. The largest absolute Gasteiger partial charge is 0.482 e. The van der Waals surface area contributed by atoms with Crippen LogP contribution in [0.5, 0.6) is 0 Å². The number of hydrogen-bond acceptors (Lipinski definition) is 2. The van der Waals surface area contributed by atoms with Gasteiger partial charge in [-0.25, -0.2) is 0 Å². The van der Waals surface area contributed by atoms with Gasteiger partial charge in [-0.2, -0.15) is 0 Å². The predicted molar refractivity (Wildman–Crippen MR) is 32.2 cm³/mol. The molecule has 0 fully saturated rings. The summed E-state index contributed by atoms with van der Waals surface area (Å²) < 4.78 is 0. The Balaban J connectivity index is 3.45. The topological polar surface area (TPSA) is 40.5 Å². The van der Waals surface area contributed by atoms with Crippen molar-refractivity contribution in [2.24, 2.45) is 0 Å². The Morgan fingerprint density at radius 3 is 1.86 bits per heavy atom. The van der Waals surface area contributed by atoms with E-state index in [2.05, 4.69) is 0 Å². The summed E-state index contributed by atoms with van der Waals surface area (Å²) >= 11 is 0. The van der Waals surface area contributed by atoms with Gasteiger partial charge in [-0.3, -0.25) is 0 Å². The molecule has 2 N–H and O–H groups in total. The molecule has 0 saturated heterocycles. The van der Waals surface area contributed by atoms with E-state index in [1.807, 2.05) is 13.1 Å². The van der Waals surface area contributed by atoms with E-state index in [9.17, 15) is 0 Å². The number of hydrogen-bond donors (Lipinski definition) is 2. The molecule has 0 aromatic rings. The minimum absolute atomic E-state index is 0.526. The summed E-state index contributed by atoms with van der Waals surface area (Å²) in [5, 5.41) is 16.3. The lowest BCUT2D eigenvalue weighted by Crippen LogP contribution is -1.95. The summed E-state index contributed by atoms with van der Waals surface area (Å²) in [6.07, 6.45) is 0. The summed E-state index contributed by atoms with van der Waals surface area (Å²) in [6, 6.07) is 0. The van der Waals surface area contributed by atoms with Crippen LogP contribution in [0.25, 0.3) is 0 Å². The van der Waals surface area contributed by atoms with Crippen molar-refractivity contribution >= 4 is 8.80 Å². The van der Waals surface area contributed by atoms with Gasteiger partial charge in [0.05, 0.1) is 8.80 Å². The Hall–Kier alpha value is -0.443. The zero-order chi connectivity index (χ0) is 5.86. The molecule has 0 aliphatic carbocycles. The van der Waals surface area contributed by atoms with Gasteiger partial charge < -0.3 is 10.2 Å². The zero-order valence-corrected chi connectivity index (χ0v) is 5.70. The molecule has 0 aliphatic heterocycles. The maximum atomic E-state index is 8.17. The van der Waals surface area contributed by atoms with Gasteiger partial charge in [-0.05, 0) is 5.70 Å². The second-order valence-corrected chi connectivity index (χ2v) is 4.59. The standard InChI is InChI=1S/C4H10O2Si/c1-7(2)3-4(5)6/h3,5-7H,1-2H3. The lowest BCUT2D eigenvalue weighted by Gasteiger charge is -1.88. The third-order valence-electron chi connectivity index (χ3n) is 0.482. The van der Waals surface area contributed by atoms with Gasteiger partial charge in [0.15, 0.2) is 0 Å². The fourth-order valence-corrected chi connectivity index (χ4v) is 0.894. The molecule has 0 radical (unpaired) electrons. The van der Waals surface area contributed by atoms with Gasteiger partial charge in [-0.1, -0.05) is 13.1 Å². The minimum atomic E-state index is -0.890. The van der Waals surface area contributed by atoms with Crippen LogP contribution >= 0.6 is 0 Å². The summed E-state index contributed by atoms with van der Waals surface area (Å²) in [4.78, 5) is 0. The fourth-order valence-electron chi connectivity index (χ4n) is 0.298. The van der Waals surface area contributed by atoms with Crippen LogP contribution < -0.4 is 0 Å². The Kier molecular flexibility index (Phi) is 2.51. The van der Waals surface area contributed by atoms with E-state index in [1.54, 1.807) is 0 Å². The third-order valence-corrected chi connectivity index (χ3v) is 1.45. The van der Waals surface area contributed by atoms with Crippen LogP contribution in [0.1, 0.15) is 0 Å². The average molecular weight is 118 g/mol. The van der Waals surface area contributed by atoms with E-state index in [-0.39, 0.29) is 0 Å². The summed E-state index contributed by atoms with van der Waals surface area (Å²) in [7, 11) is -0.890. The molecule has 0 atom stereocenters. The molecule has 7 heavy (non-hydrogen) atoms. The van der Waals surface area contributed by atoms with Crippen molar-refractivity contribution in [2.75, 3.05) is 0 Å². The third kappa shape index (κ3) is 5.56. The molecule has 3 heteroatoms. The van der Waals surface area contributed by atoms with Gasteiger partial charge in [0.1, 0.15) is 0 Å². The molecule has 42 valence electrons. The quantitative estimate of drug-likeness (QED) is 0.398. The van der Waals surface area contributed by atoms with Crippen molar-refractivity contribution in [3.05, 3.63) is 11.6 Å². The monoisotopic (exact) mass is 118 g/mol. The first-order valence-corrected chi connectivity index (χ1v) is 5.20. The molecule has 0 spiro atoms. The van der Waals surface area contributed by atoms with Crippen LogP contribution in [0.3, 0.4) is 0 Å². The molecular formula is C4H10O2Si. The highest BCUT2D eigenvalue weighted by Crippen LogP contribution is 1.84. The SMILES string of the molecule is C[SiH](C)C=C(O)O. The lowest BCUT2D eigenvalue weighted by molar-refractivity contribution is 0.192. The number of aliphatic hydroxyl groups excluding tert-OH is 1. The first-order chi connectivity index (χ1) is 3.13. The van der Waals surface area contributed by atoms with E-state index in [0.29, 0.717) is 0 Å². The Morgan fingerprint density at radius 1 is 1.43 bits per heavy atom. The average Bonchev–Trinajstić information content (AvgIpc) is 1.27. The van der Waals surface area contributed by atoms with Crippen molar-refractivity contribution in [1.82, 2.24) is 0 Å². The molecule has 0 unspecified atom stereocenters. The van der Waals surface area contributed by atoms with E-state index < -0.39 is 14.7 Å². The smallest absolute Gasteiger partial charge is 0.265 e. The maximum Gasteiger partial charge on any atom is 0.265 e. The second kappa shape index (κ2) is 2.68. The van der Waals surface area contributed by atoms with Crippen LogP contribution in [-0.4, -0.2) is 19.0 Å². The van der Waals surface area contributed by atoms with Crippen LogP contribution in [-0.2, 0) is 0 Å². The van der Waals surface area contributed by atoms with Crippen molar-refractivity contribution in [3.8, 4) is 0 Å². The second-order valence-electron chi connectivity index (χ2n) is 1.77. The fraction of sp³-hybridized carbons (Fsp3) is 0.500. The van der Waals surface area contributed by atoms with Crippen molar-refractivity contribution in [3.63, 3.8) is 0 Å². The van der Waals surface area contributed by atoms with Crippen LogP contribution in [0, 0.1) is 0 Å². The lowest BCUT2D eigenvalue weighted by atomic mass is 11.0. The van der Waals surface area contributed by atoms with Crippen LogP contribution in [0.15, 0.2) is 11.6 Å². The first kappa shape index (κ1) is 6.56. The van der Waals surface area contributed by atoms with Crippen molar-refractivity contribution < 1.29 is 10.2 Å². The minimum Gasteiger partial charge on any atom is -0.482 e. The van der Waals surface area contributed by atoms with Gasteiger partial charge in [0.2, 0.25) is 0 Å². The number of rotatable bonds is 1. The predicted octanol–water partition coefficient (Wildman–Crippen LogP) is 0.970. The number of aliphatic hydroxyl groups is 2. The Morgan fingerprint density at radius 2 is 1.86 bits per heavy atom. The van der Waals surface area contributed by atoms with E-state index in [0.717, 1.165) is 0 Å². The highest BCUT2D eigenvalue weighted by molar-refractivity contribution is 6.61. The molecule has 0 heterocycles. The molecular weight excluding hydrogens is 108 g/mol. The first-order valence-electron chi connectivity index (χ1n) is 2.22. The van der Waals surface area contributed by atoms with Crippen molar-refractivity contribution in [1.29, 1.82) is 0 Å². The normalized spacial score (nSPS) is 9.00. The molecule has 0 bridgehead atoms. The van der Waals surface area contributed by atoms with E-state index >= 15 is 0 Å². The summed E-state index contributed by atoms with van der Waals surface area (Å²) in [5.41, 5.74) is 1.50. The maximum absolute atomic E-state index is 8.17. The van der Waals surface area contributed by atoms with Gasteiger partial charge >= 0.3 is 0 Å².